The van der Waals surface area contributed by atoms with Gasteiger partial charge in [0.25, 0.3) is 0 Å². The highest BCUT2D eigenvalue weighted by molar-refractivity contribution is 8.67. The van der Waals surface area contributed by atoms with Crippen LogP contribution in [0.2, 0.25) is 0 Å². The first-order valence-electron chi connectivity index (χ1n) is 17.8. The Morgan fingerprint density at radius 1 is 0.488 bits per heavy atom. The zero-order valence-electron chi connectivity index (χ0n) is 27.2. The highest BCUT2D eigenvalue weighted by atomic mass is 32.9. The Morgan fingerprint density at radius 3 is 1.15 bits per heavy atom. The maximum absolute atomic E-state index is 9.81. The molecular weight excluding hydrogens is 560 g/mol. The lowest BCUT2D eigenvalue weighted by atomic mass is 9.96. The van der Waals surface area contributed by atoms with Crippen LogP contribution in [0.3, 0.4) is 0 Å². The van der Waals surface area contributed by atoms with E-state index in [1.54, 1.807) is 0 Å². The molecule has 0 radical (unpaired) electrons. The fraction of sp³-hybridized carbons (Fsp3) is 0.833. The SMILES string of the molecule is CCCCCCCCCCCCCCCc1ccc(SP(O)(O)=S)cc1CCCCCCCCCCCCCCC. The topological polar surface area (TPSA) is 40.5 Å². The number of hydrogen-bond donors (Lipinski definition) is 2. The minimum atomic E-state index is -3.28. The lowest BCUT2D eigenvalue weighted by Crippen LogP contribution is -1.97. The van der Waals surface area contributed by atoms with Crippen LogP contribution in [-0.2, 0) is 24.6 Å². The van der Waals surface area contributed by atoms with Gasteiger partial charge in [-0.3, -0.25) is 0 Å². The van der Waals surface area contributed by atoms with E-state index in [0.29, 0.717) is 0 Å². The van der Waals surface area contributed by atoms with Crippen LogP contribution >= 0.6 is 17.1 Å². The molecule has 0 heterocycles. The third-order valence-corrected chi connectivity index (χ3v) is 11.2. The van der Waals surface area contributed by atoms with Gasteiger partial charge in [-0.25, -0.2) is 0 Å². The Labute approximate surface area is 265 Å². The van der Waals surface area contributed by atoms with Gasteiger partial charge in [-0.2, -0.15) is 0 Å². The van der Waals surface area contributed by atoms with Gasteiger partial charge in [-0.15, -0.1) is 0 Å². The van der Waals surface area contributed by atoms with Crippen LogP contribution in [-0.4, -0.2) is 9.79 Å². The monoisotopic (exact) mass is 626 g/mol. The Hall–Kier alpha value is 0.140. The fourth-order valence-corrected chi connectivity index (χ4v) is 8.48. The summed E-state index contributed by atoms with van der Waals surface area (Å²) in [6, 6.07) is 6.46. The molecule has 0 unspecified atom stereocenters. The Bertz CT molecular complexity index is 764. The van der Waals surface area contributed by atoms with Crippen molar-refractivity contribution >= 4 is 28.9 Å². The summed E-state index contributed by atoms with van der Waals surface area (Å²) in [5.74, 6) is 0. The van der Waals surface area contributed by atoms with Crippen molar-refractivity contribution in [3.63, 3.8) is 0 Å². The van der Waals surface area contributed by atoms with Crippen LogP contribution in [0, 0.1) is 0 Å². The molecule has 1 rings (SSSR count). The first-order valence-corrected chi connectivity index (χ1v) is 22.0. The maximum Gasteiger partial charge on any atom is 0.246 e. The molecule has 240 valence electrons. The molecule has 0 saturated carbocycles. The smallest absolute Gasteiger partial charge is 0.246 e. The zero-order chi connectivity index (χ0) is 29.9. The molecule has 41 heavy (non-hydrogen) atoms. The number of rotatable bonds is 30. The van der Waals surface area contributed by atoms with E-state index >= 15 is 0 Å². The molecule has 0 saturated heterocycles. The van der Waals surface area contributed by atoms with Gasteiger partial charge in [0, 0.05) is 4.90 Å². The first kappa shape index (κ1) is 39.2. The second-order valence-corrected chi connectivity index (χ2v) is 18.4. The van der Waals surface area contributed by atoms with Gasteiger partial charge >= 0.3 is 0 Å². The summed E-state index contributed by atoms with van der Waals surface area (Å²) in [4.78, 5) is 20.5. The minimum absolute atomic E-state index is 0.914. The van der Waals surface area contributed by atoms with Crippen LogP contribution in [0.25, 0.3) is 0 Å². The molecule has 0 aliphatic heterocycles. The van der Waals surface area contributed by atoms with Gasteiger partial charge in [0.05, 0.1) is 0 Å². The molecule has 0 spiro atoms. The molecule has 2 N–H and O–H groups in total. The molecule has 0 fully saturated rings. The molecule has 0 aromatic heterocycles. The average Bonchev–Trinajstić information content (AvgIpc) is 2.94. The molecule has 5 heteroatoms. The van der Waals surface area contributed by atoms with Crippen molar-refractivity contribution in [2.24, 2.45) is 0 Å². The molecule has 0 bridgehead atoms. The molecule has 2 nitrogen and oxygen atoms in total. The second kappa shape index (κ2) is 27.7. The summed E-state index contributed by atoms with van der Waals surface area (Å²) in [6.45, 7) is 4.58. The lowest BCUT2D eigenvalue weighted by Gasteiger charge is -2.13. The van der Waals surface area contributed by atoms with Crippen molar-refractivity contribution in [1.29, 1.82) is 0 Å². The van der Waals surface area contributed by atoms with Crippen molar-refractivity contribution < 1.29 is 9.79 Å². The molecule has 0 amide bonds. The molecule has 1 aromatic carbocycles. The van der Waals surface area contributed by atoms with Gasteiger partial charge in [0.15, 0.2) is 0 Å². The average molecular weight is 627 g/mol. The van der Waals surface area contributed by atoms with Crippen molar-refractivity contribution in [3.05, 3.63) is 29.3 Å². The lowest BCUT2D eigenvalue weighted by molar-refractivity contribution is 0.502. The van der Waals surface area contributed by atoms with E-state index in [1.165, 1.54) is 178 Å². The molecule has 1 aromatic rings. The highest BCUT2D eigenvalue weighted by Crippen LogP contribution is 2.55. The summed E-state index contributed by atoms with van der Waals surface area (Å²) in [5, 5.41) is 0. The van der Waals surface area contributed by atoms with Crippen LogP contribution < -0.4 is 0 Å². The highest BCUT2D eigenvalue weighted by Gasteiger charge is 2.12. The van der Waals surface area contributed by atoms with Crippen molar-refractivity contribution in [3.8, 4) is 0 Å². The first-order chi connectivity index (χ1) is 20.0. The number of benzene rings is 1. The van der Waals surface area contributed by atoms with Gasteiger partial charge in [-0.1, -0.05) is 174 Å². The molecular formula is C36H67O2PS2. The molecule has 0 aliphatic carbocycles. The predicted octanol–water partition coefficient (Wildman–Crippen LogP) is 13.3. The number of aryl methyl sites for hydroxylation is 2. The van der Waals surface area contributed by atoms with Crippen LogP contribution in [0.1, 0.15) is 192 Å². The Kier molecular flexibility index (Phi) is 26.4. The van der Waals surface area contributed by atoms with E-state index in [2.05, 4.69) is 26.0 Å². The van der Waals surface area contributed by atoms with Crippen molar-refractivity contribution in [1.82, 2.24) is 0 Å². The summed E-state index contributed by atoms with van der Waals surface area (Å²) < 4.78 is 0. The minimum Gasteiger partial charge on any atom is -0.337 e. The van der Waals surface area contributed by atoms with E-state index in [-0.39, 0.29) is 0 Å². The normalized spacial score (nSPS) is 11.9. The van der Waals surface area contributed by atoms with Crippen LogP contribution in [0.15, 0.2) is 23.1 Å². The third kappa shape index (κ3) is 25.2. The van der Waals surface area contributed by atoms with Crippen LogP contribution in [0.4, 0.5) is 0 Å². The largest absolute Gasteiger partial charge is 0.337 e. The number of hydrogen-bond acceptors (Lipinski definition) is 2. The Morgan fingerprint density at radius 2 is 0.805 bits per heavy atom. The van der Waals surface area contributed by atoms with Gasteiger partial charge in [0.2, 0.25) is 5.69 Å². The molecule has 0 aliphatic rings. The summed E-state index contributed by atoms with van der Waals surface area (Å²) in [7, 11) is 0. The third-order valence-electron chi connectivity index (χ3n) is 8.50. The van der Waals surface area contributed by atoms with Gasteiger partial charge in [0.1, 0.15) is 0 Å². The molecule has 0 atom stereocenters. The van der Waals surface area contributed by atoms with Crippen molar-refractivity contribution in [2.75, 3.05) is 0 Å². The van der Waals surface area contributed by atoms with Gasteiger partial charge in [-0.05, 0) is 72.1 Å². The van der Waals surface area contributed by atoms with E-state index in [4.69, 9.17) is 11.8 Å². The van der Waals surface area contributed by atoms with E-state index < -0.39 is 5.69 Å². The quantitative estimate of drug-likeness (QED) is 0.0658. The predicted molar refractivity (Wildman–Crippen MR) is 190 cm³/mol. The summed E-state index contributed by atoms with van der Waals surface area (Å²) >= 11 is 5.96. The van der Waals surface area contributed by atoms with Gasteiger partial charge < -0.3 is 9.79 Å². The number of unbranched alkanes of at least 4 members (excludes halogenated alkanes) is 24. The summed E-state index contributed by atoms with van der Waals surface area (Å²) in [6.07, 6.45) is 38.2. The second-order valence-electron chi connectivity index (χ2n) is 12.5. The standard InChI is InChI=1S/C36H67O2PS2/c1-3-5-7-9-11-13-15-17-19-21-23-25-27-29-34-31-32-36(41-39(37,38)40)33-35(34)30-28-26-24-22-20-18-16-14-12-10-8-6-4-2/h31-33H,3-30H2,1-2H3,(H2,37,38,40). The summed E-state index contributed by atoms with van der Waals surface area (Å²) in [5.41, 5.74) is -0.422. The maximum atomic E-state index is 9.81. The van der Waals surface area contributed by atoms with Crippen LogP contribution in [0.5, 0.6) is 0 Å². The zero-order valence-corrected chi connectivity index (χ0v) is 29.7. The van der Waals surface area contributed by atoms with Crippen molar-refractivity contribution in [2.45, 2.75) is 199 Å². The Balaban J connectivity index is 2.24. The van der Waals surface area contributed by atoms with E-state index in [0.717, 1.165) is 29.1 Å². The van der Waals surface area contributed by atoms with E-state index in [9.17, 15) is 9.79 Å². The fourth-order valence-electron chi connectivity index (χ4n) is 5.94. The van der Waals surface area contributed by atoms with E-state index in [1.807, 2.05) is 6.07 Å².